The summed E-state index contributed by atoms with van der Waals surface area (Å²) in [4.78, 5) is 12.6. The smallest absolute Gasteiger partial charge is 0.254 e. The van der Waals surface area contributed by atoms with Crippen LogP contribution >= 0.6 is 0 Å². The molecule has 1 atom stereocenters. The van der Waals surface area contributed by atoms with Gasteiger partial charge in [-0.15, -0.1) is 0 Å². The van der Waals surface area contributed by atoms with Crippen molar-refractivity contribution in [3.05, 3.63) is 35.9 Å². The minimum atomic E-state index is -2.56. The Kier molecular flexibility index (Phi) is 4.78. The number of amides is 1. The number of halogens is 2. The van der Waals surface area contributed by atoms with Crippen molar-refractivity contribution in [1.82, 2.24) is 25.3 Å². The zero-order valence-corrected chi connectivity index (χ0v) is 14.2. The van der Waals surface area contributed by atoms with Gasteiger partial charge in [-0.05, 0) is 38.7 Å². The third-order valence-electron chi connectivity index (χ3n) is 4.90. The minimum absolute atomic E-state index is 0.0725. The van der Waals surface area contributed by atoms with E-state index < -0.39 is 5.92 Å². The Hall–Kier alpha value is -2.38. The molecule has 8 heteroatoms. The van der Waals surface area contributed by atoms with E-state index in [4.69, 9.17) is 0 Å². The van der Waals surface area contributed by atoms with E-state index in [0.717, 1.165) is 0 Å². The molecule has 6 nitrogen and oxygen atoms in total. The molecule has 0 aliphatic heterocycles. The van der Waals surface area contributed by atoms with Crippen LogP contribution in [0.3, 0.4) is 0 Å². The van der Waals surface area contributed by atoms with Crippen LogP contribution in [-0.2, 0) is 0 Å². The van der Waals surface area contributed by atoms with Crippen molar-refractivity contribution in [1.29, 1.82) is 0 Å². The molecule has 1 aliphatic carbocycles. The molecule has 2 heterocycles. The summed E-state index contributed by atoms with van der Waals surface area (Å²) in [6.45, 7) is 3.67. The molecule has 1 amide bonds. The highest BCUT2D eigenvalue weighted by atomic mass is 19.3. The molecule has 134 valence electrons. The lowest BCUT2D eigenvalue weighted by molar-refractivity contribution is -0.0485. The third kappa shape index (κ3) is 3.83. The first-order valence-electron chi connectivity index (χ1n) is 8.38. The van der Waals surface area contributed by atoms with Crippen molar-refractivity contribution in [2.75, 3.05) is 0 Å². The molecule has 0 aromatic carbocycles. The van der Waals surface area contributed by atoms with Gasteiger partial charge >= 0.3 is 0 Å². The van der Waals surface area contributed by atoms with E-state index in [2.05, 4.69) is 20.6 Å². The fraction of sp³-hybridized carbons (Fsp3) is 0.529. The van der Waals surface area contributed by atoms with Gasteiger partial charge in [0.25, 0.3) is 5.91 Å². The van der Waals surface area contributed by atoms with Gasteiger partial charge in [0, 0.05) is 18.9 Å². The van der Waals surface area contributed by atoms with Gasteiger partial charge < -0.3 is 5.32 Å². The first kappa shape index (κ1) is 17.4. The Morgan fingerprint density at radius 2 is 2.04 bits per heavy atom. The lowest BCUT2D eigenvalue weighted by Crippen LogP contribution is -2.41. The topological polar surface area (TPSA) is 72.7 Å². The molecule has 1 N–H and O–H groups in total. The molecule has 2 aromatic rings. The second kappa shape index (κ2) is 6.85. The number of alkyl halides is 2. The third-order valence-corrected chi connectivity index (χ3v) is 4.90. The highest BCUT2D eigenvalue weighted by molar-refractivity contribution is 5.95. The summed E-state index contributed by atoms with van der Waals surface area (Å²) in [6, 6.07) is 1.59. The van der Waals surface area contributed by atoms with Gasteiger partial charge in [-0.2, -0.15) is 15.3 Å². The fourth-order valence-electron chi connectivity index (χ4n) is 3.27. The summed E-state index contributed by atoms with van der Waals surface area (Å²) in [7, 11) is 0. The van der Waals surface area contributed by atoms with Crippen molar-refractivity contribution < 1.29 is 13.6 Å². The molecule has 0 radical (unpaired) electrons. The Labute approximate surface area is 144 Å². The monoisotopic (exact) mass is 349 g/mol. The maximum atomic E-state index is 13.3. The molecule has 3 rings (SSSR count). The average molecular weight is 349 g/mol. The van der Waals surface area contributed by atoms with Crippen LogP contribution < -0.4 is 5.32 Å². The van der Waals surface area contributed by atoms with E-state index in [-0.39, 0.29) is 30.7 Å². The zero-order chi connectivity index (χ0) is 18.0. The van der Waals surface area contributed by atoms with Crippen LogP contribution in [0.25, 0.3) is 5.69 Å². The molecule has 2 aromatic heterocycles. The summed E-state index contributed by atoms with van der Waals surface area (Å²) in [5, 5.41) is 14.7. The number of rotatable bonds is 4. The van der Waals surface area contributed by atoms with Gasteiger partial charge in [-0.25, -0.2) is 13.5 Å². The summed E-state index contributed by atoms with van der Waals surface area (Å²) in [6.07, 6.45) is 5.26. The van der Waals surface area contributed by atoms with Crippen molar-refractivity contribution in [3.8, 4) is 5.69 Å². The summed E-state index contributed by atoms with van der Waals surface area (Å²) < 4.78 is 28.2. The quantitative estimate of drug-likeness (QED) is 0.921. The maximum Gasteiger partial charge on any atom is 0.254 e. The highest BCUT2D eigenvalue weighted by Crippen LogP contribution is 2.37. The number of nitrogens with zero attached hydrogens (tertiary/aromatic N) is 4. The van der Waals surface area contributed by atoms with E-state index in [1.807, 2.05) is 6.92 Å². The standard InChI is InChI=1S/C17H21F2N5O/c1-11(13-3-6-17(18,19)7-4-13)23-16(25)15-10-22-24(12(15)2)14-5-8-20-21-9-14/h5,8-11,13H,3-4,6-7H2,1-2H3,(H,23,25). The van der Waals surface area contributed by atoms with Gasteiger partial charge in [0.05, 0.1) is 35.5 Å². The predicted molar refractivity (Wildman–Crippen MR) is 87.7 cm³/mol. The van der Waals surface area contributed by atoms with Gasteiger partial charge in [-0.1, -0.05) is 0 Å². The van der Waals surface area contributed by atoms with Gasteiger partial charge in [0.15, 0.2) is 0 Å². The van der Waals surface area contributed by atoms with Crippen LogP contribution in [0.5, 0.6) is 0 Å². The van der Waals surface area contributed by atoms with E-state index in [1.54, 1.807) is 30.1 Å². The summed E-state index contributed by atoms with van der Waals surface area (Å²) >= 11 is 0. The van der Waals surface area contributed by atoms with Crippen LogP contribution in [0.2, 0.25) is 0 Å². The molecular formula is C17H21F2N5O. The SMILES string of the molecule is Cc1c(C(=O)NC(C)C2CCC(F)(F)CC2)cnn1-c1ccnnc1. The largest absolute Gasteiger partial charge is 0.349 e. The lowest BCUT2D eigenvalue weighted by atomic mass is 9.82. The second-order valence-corrected chi connectivity index (χ2v) is 6.61. The Morgan fingerprint density at radius 3 is 2.68 bits per heavy atom. The van der Waals surface area contributed by atoms with Crippen LogP contribution in [0.15, 0.2) is 24.7 Å². The first-order chi connectivity index (χ1) is 11.9. The summed E-state index contributed by atoms with van der Waals surface area (Å²) in [5.74, 6) is -2.73. The van der Waals surface area contributed by atoms with Crippen molar-refractivity contribution >= 4 is 5.91 Å². The van der Waals surface area contributed by atoms with Crippen molar-refractivity contribution in [2.24, 2.45) is 5.92 Å². The van der Waals surface area contributed by atoms with Gasteiger partial charge in [0.2, 0.25) is 5.92 Å². The molecule has 25 heavy (non-hydrogen) atoms. The zero-order valence-electron chi connectivity index (χ0n) is 14.2. The molecule has 0 bridgehead atoms. The first-order valence-corrected chi connectivity index (χ1v) is 8.38. The molecule has 0 spiro atoms. The number of nitrogens with one attached hydrogen (secondary N) is 1. The molecule has 1 unspecified atom stereocenters. The maximum absolute atomic E-state index is 13.3. The fourth-order valence-corrected chi connectivity index (χ4v) is 3.27. The number of hydrogen-bond donors (Lipinski definition) is 1. The van der Waals surface area contributed by atoms with Crippen molar-refractivity contribution in [2.45, 2.75) is 51.5 Å². The van der Waals surface area contributed by atoms with E-state index >= 15 is 0 Å². The van der Waals surface area contributed by atoms with E-state index in [1.165, 1.54) is 6.20 Å². The molecule has 0 saturated heterocycles. The van der Waals surface area contributed by atoms with Crippen LogP contribution in [0.4, 0.5) is 8.78 Å². The highest BCUT2D eigenvalue weighted by Gasteiger charge is 2.37. The minimum Gasteiger partial charge on any atom is -0.349 e. The molecule has 1 aliphatic rings. The van der Waals surface area contributed by atoms with Crippen LogP contribution in [0, 0.1) is 12.8 Å². The van der Waals surface area contributed by atoms with Crippen LogP contribution in [0.1, 0.15) is 48.7 Å². The van der Waals surface area contributed by atoms with Gasteiger partial charge in [-0.3, -0.25) is 4.79 Å². The molecule has 1 fully saturated rings. The number of hydrogen-bond acceptors (Lipinski definition) is 4. The van der Waals surface area contributed by atoms with E-state index in [0.29, 0.717) is 29.8 Å². The molecule has 1 saturated carbocycles. The Balaban J connectivity index is 1.67. The second-order valence-electron chi connectivity index (χ2n) is 6.61. The van der Waals surface area contributed by atoms with Crippen molar-refractivity contribution in [3.63, 3.8) is 0 Å². The number of carbonyl (C=O) groups excluding carboxylic acids is 1. The normalized spacial score (nSPS) is 18.7. The van der Waals surface area contributed by atoms with Crippen LogP contribution in [-0.4, -0.2) is 37.8 Å². The lowest BCUT2D eigenvalue weighted by Gasteiger charge is -2.32. The van der Waals surface area contributed by atoms with Gasteiger partial charge in [0.1, 0.15) is 0 Å². The number of aromatic nitrogens is 4. The Bertz CT molecular complexity index is 737. The number of carbonyl (C=O) groups is 1. The van der Waals surface area contributed by atoms with E-state index in [9.17, 15) is 13.6 Å². The molecular weight excluding hydrogens is 328 g/mol. The average Bonchev–Trinajstić information content (AvgIpc) is 2.97. The predicted octanol–water partition coefficient (Wildman–Crippen LogP) is 2.91. The summed E-state index contributed by atoms with van der Waals surface area (Å²) in [5.41, 5.74) is 1.87. The Morgan fingerprint density at radius 1 is 1.32 bits per heavy atom.